The van der Waals surface area contributed by atoms with Crippen LogP contribution in [0.25, 0.3) is 0 Å². The number of benzene rings is 1. The van der Waals surface area contributed by atoms with E-state index in [1.807, 2.05) is 19.9 Å². The van der Waals surface area contributed by atoms with E-state index in [2.05, 4.69) is 0 Å². The Labute approximate surface area is 139 Å². The fourth-order valence-electron chi connectivity index (χ4n) is 4.70. The molecule has 5 rings (SSSR count). The summed E-state index contributed by atoms with van der Waals surface area (Å²) in [4.78, 5) is 12.7. The highest BCUT2D eigenvalue weighted by atomic mass is 16.8. The smallest absolute Gasteiger partial charge is 0.231 e. The van der Waals surface area contributed by atoms with Crippen LogP contribution in [-0.4, -0.2) is 41.8 Å². The maximum atomic E-state index is 12.7. The maximum Gasteiger partial charge on any atom is 0.231 e. The molecule has 2 aliphatic carbocycles. The van der Waals surface area contributed by atoms with E-state index in [4.69, 9.17) is 18.9 Å². The summed E-state index contributed by atoms with van der Waals surface area (Å²) in [6.45, 7) is 3.98. The van der Waals surface area contributed by atoms with Crippen molar-refractivity contribution in [3.63, 3.8) is 0 Å². The van der Waals surface area contributed by atoms with Crippen molar-refractivity contribution in [2.75, 3.05) is 6.79 Å². The number of ether oxygens (including phenoxy) is 4. The lowest BCUT2D eigenvalue weighted by atomic mass is 9.65. The maximum absolute atomic E-state index is 12.7. The van der Waals surface area contributed by atoms with E-state index in [0.717, 1.165) is 12.0 Å². The van der Waals surface area contributed by atoms with E-state index in [9.17, 15) is 9.90 Å². The molecule has 1 aromatic carbocycles. The zero-order chi connectivity index (χ0) is 16.6. The molecule has 128 valence electrons. The first kappa shape index (κ1) is 14.7. The summed E-state index contributed by atoms with van der Waals surface area (Å²) in [5.74, 6) is 0.298. The van der Waals surface area contributed by atoms with Gasteiger partial charge in [-0.25, -0.2) is 0 Å². The van der Waals surface area contributed by atoms with Gasteiger partial charge in [0.25, 0.3) is 0 Å². The van der Waals surface area contributed by atoms with Crippen LogP contribution in [0.1, 0.15) is 48.5 Å². The highest BCUT2D eigenvalue weighted by Crippen LogP contribution is 2.52. The standard InChI is InChI=1S/C18H20O6/c1-18(2)23-14-4-9-8-3-12-13(22-7-21-12)5-10(8)16(19)17(20)11(9)6-15(14)24-18/h3,5,9,11,14-15,17,20H,4,6-7H2,1-2H3/t9-,11-,14-,15+,17?/m0/s1. The SMILES string of the molecule is CC1(C)O[C@H]2C[C@H]3c4cc5c(cc4C(=O)C(O)[C@H]3C[C@H]2O1)OCO5. The molecule has 0 aromatic heterocycles. The van der Waals surface area contributed by atoms with Crippen LogP contribution in [0.15, 0.2) is 12.1 Å². The Morgan fingerprint density at radius 2 is 1.75 bits per heavy atom. The number of ketones is 1. The summed E-state index contributed by atoms with van der Waals surface area (Å²) in [5.41, 5.74) is 1.48. The van der Waals surface area contributed by atoms with Gasteiger partial charge in [-0.05, 0) is 50.3 Å². The summed E-state index contributed by atoms with van der Waals surface area (Å²) in [5, 5.41) is 10.6. The molecule has 4 aliphatic rings. The molecule has 24 heavy (non-hydrogen) atoms. The zero-order valence-corrected chi connectivity index (χ0v) is 13.7. The van der Waals surface area contributed by atoms with Gasteiger partial charge in [0, 0.05) is 11.5 Å². The third-order valence-electron chi connectivity index (χ3n) is 5.68. The lowest BCUT2D eigenvalue weighted by Gasteiger charge is -2.42. The Morgan fingerprint density at radius 1 is 1.08 bits per heavy atom. The Kier molecular flexibility index (Phi) is 2.89. The highest BCUT2D eigenvalue weighted by molar-refractivity contribution is 6.03. The number of carbonyl (C=O) groups is 1. The van der Waals surface area contributed by atoms with Crippen LogP contribution < -0.4 is 9.47 Å². The molecule has 2 heterocycles. The quantitative estimate of drug-likeness (QED) is 0.783. The van der Waals surface area contributed by atoms with Gasteiger partial charge in [0.2, 0.25) is 6.79 Å². The molecule has 1 saturated heterocycles. The van der Waals surface area contributed by atoms with Gasteiger partial charge >= 0.3 is 0 Å². The topological polar surface area (TPSA) is 74.2 Å². The second-order valence-electron chi connectivity index (χ2n) is 7.56. The number of hydrogen-bond acceptors (Lipinski definition) is 6. The number of aliphatic hydroxyl groups is 1. The molecule has 2 aliphatic heterocycles. The molecule has 1 unspecified atom stereocenters. The van der Waals surface area contributed by atoms with Crippen molar-refractivity contribution in [3.8, 4) is 11.5 Å². The molecule has 1 saturated carbocycles. The van der Waals surface area contributed by atoms with E-state index >= 15 is 0 Å². The summed E-state index contributed by atoms with van der Waals surface area (Å²) < 4.78 is 22.8. The molecular formula is C18H20O6. The molecule has 6 heteroatoms. The van der Waals surface area contributed by atoms with Crippen molar-refractivity contribution in [3.05, 3.63) is 23.3 Å². The van der Waals surface area contributed by atoms with E-state index in [1.54, 1.807) is 6.07 Å². The molecule has 5 atom stereocenters. The van der Waals surface area contributed by atoms with Crippen LogP contribution in [0.4, 0.5) is 0 Å². The van der Waals surface area contributed by atoms with Crippen molar-refractivity contribution < 1.29 is 28.8 Å². The second-order valence-corrected chi connectivity index (χ2v) is 7.56. The predicted molar refractivity (Wildman–Crippen MR) is 82.2 cm³/mol. The number of carbonyl (C=O) groups excluding carboxylic acids is 1. The fraction of sp³-hybridized carbons (Fsp3) is 0.611. The highest BCUT2D eigenvalue weighted by Gasteiger charge is 2.53. The molecule has 1 aromatic rings. The van der Waals surface area contributed by atoms with E-state index in [0.29, 0.717) is 23.5 Å². The summed E-state index contributed by atoms with van der Waals surface area (Å²) in [6.07, 6.45) is 0.269. The number of Topliss-reactive ketones (excluding diaryl/α,β-unsaturated/α-hetero) is 1. The van der Waals surface area contributed by atoms with Gasteiger partial charge in [0.05, 0.1) is 12.2 Å². The molecule has 0 radical (unpaired) electrons. The number of hydrogen-bond donors (Lipinski definition) is 1. The average Bonchev–Trinajstić information content (AvgIpc) is 3.10. The van der Waals surface area contributed by atoms with Crippen molar-refractivity contribution >= 4 is 5.78 Å². The lowest BCUT2D eigenvalue weighted by Crippen LogP contribution is -2.47. The molecule has 0 spiro atoms. The van der Waals surface area contributed by atoms with Crippen LogP contribution in [0.2, 0.25) is 0 Å². The predicted octanol–water partition coefficient (Wildman–Crippen LogP) is 1.99. The Bertz CT molecular complexity index is 726. The Balaban J connectivity index is 1.57. The monoisotopic (exact) mass is 332 g/mol. The molecule has 6 nitrogen and oxygen atoms in total. The van der Waals surface area contributed by atoms with Gasteiger partial charge in [-0.15, -0.1) is 0 Å². The zero-order valence-electron chi connectivity index (χ0n) is 13.7. The summed E-state index contributed by atoms with van der Waals surface area (Å²) >= 11 is 0. The minimum Gasteiger partial charge on any atom is -0.454 e. The fourth-order valence-corrected chi connectivity index (χ4v) is 4.70. The third-order valence-corrected chi connectivity index (χ3v) is 5.68. The first-order valence-corrected chi connectivity index (χ1v) is 8.44. The van der Waals surface area contributed by atoms with Gasteiger partial charge < -0.3 is 24.1 Å². The van der Waals surface area contributed by atoms with E-state index < -0.39 is 11.9 Å². The van der Waals surface area contributed by atoms with Crippen LogP contribution in [-0.2, 0) is 9.47 Å². The van der Waals surface area contributed by atoms with Crippen LogP contribution in [0, 0.1) is 5.92 Å². The van der Waals surface area contributed by atoms with Crippen molar-refractivity contribution in [2.24, 2.45) is 5.92 Å². The van der Waals surface area contributed by atoms with Crippen molar-refractivity contribution in [1.82, 2.24) is 0 Å². The molecule has 2 fully saturated rings. The van der Waals surface area contributed by atoms with Crippen LogP contribution in [0.3, 0.4) is 0 Å². The molecule has 0 bridgehead atoms. The van der Waals surface area contributed by atoms with Crippen molar-refractivity contribution in [1.29, 1.82) is 0 Å². The van der Waals surface area contributed by atoms with Gasteiger partial charge in [0.1, 0.15) is 6.10 Å². The minimum atomic E-state index is -1.00. The Hall–Kier alpha value is -1.63. The Morgan fingerprint density at radius 3 is 2.50 bits per heavy atom. The van der Waals surface area contributed by atoms with Crippen molar-refractivity contribution in [2.45, 2.75) is 56.7 Å². The molecule has 1 N–H and O–H groups in total. The summed E-state index contributed by atoms with van der Waals surface area (Å²) in [7, 11) is 0. The number of fused-ring (bicyclic) bond motifs is 5. The number of aliphatic hydroxyl groups excluding tert-OH is 1. The van der Waals surface area contributed by atoms with Gasteiger partial charge in [-0.1, -0.05) is 0 Å². The van der Waals surface area contributed by atoms with Crippen LogP contribution in [0.5, 0.6) is 11.5 Å². The van der Waals surface area contributed by atoms with Gasteiger partial charge in [-0.3, -0.25) is 4.79 Å². The largest absolute Gasteiger partial charge is 0.454 e. The van der Waals surface area contributed by atoms with Gasteiger partial charge in [-0.2, -0.15) is 0 Å². The lowest BCUT2D eigenvalue weighted by molar-refractivity contribution is -0.146. The van der Waals surface area contributed by atoms with E-state index in [-0.39, 0.29) is 36.6 Å². The number of rotatable bonds is 0. The molecular weight excluding hydrogens is 312 g/mol. The minimum absolute atomic E-state index is 0.0140. The summed E-state index contributed by atoms with van der Waals surface area (Å²) in [6, 6.07) is 3.61. The normalized spacial score (nSPS) is 38.5. The molecule has 0 amide bonds. The first-order chi connectivity index (χ1) is 11.4. The van der Waals surface area contributed by atoms with E-state index in [1.165, 1.54) is 0 Å². The first-order valence-electron chi connectivity index (χ1n) is 8.44. The average molecular weight is 332 g/mol. The second kappa shape index (κ2) is 4.71. The van der Waals surface area contributed by atoms with Gasteiger partial charge in [0.15, 0.2) is 23.1 Å². The third kappa shape index (κ3) is 1.96. The van der Waals surface area contributed by atoms with Crippen LogP contribution >= 0.6 is 0 Å².